The van der Waals surface area contributed by atoms with Crippen LogP contribution in [0.25, 0.3) is 0 Å². The first-order valence-corrected chi connectivity index (χ1v) is 6.36. The summed E-state index contributed by atoms with van der Waals surface area (Å²) in [4.78, 5) is 10.6. The van der Waals surface area contributed by atoms with E-state index < -0.39 is 5.97 Å². The van der Waals surface area contributed by atoms with Gasteiger partial charge in [-0.2, -0.15) is 0 Å². The molecule has 0 bridgehead atoms. The van der Waals surface area contributed by atoms with Crippen LogP contribution >= 0.6 is 0 Å². The molecule has 0 aliphatic heterocycles. The molecule has 1 rings (SSSR count). The first-order chi connectivity index (χ1) is 8.72. The Morgan fingerprint density at radius 1 is 1.22 bits per heavy atom. The minimum absolute atomic E-state index is 0.0354. The molecule has 100 valence electrons. The quantitative estimate of drug-likeness (QED) is 0.660. The number of hydrogen-bond acceptors (Lipinski definition) is 3. The summed E-state index contributed by atoms with van der Waals surface area (Å²) < 4.78 is 5.58. The zero-order valence-corrected chi connectivity index (χ0v) is 10.6. The lowest BCUT2D eigenvalue weighted by Gasteiger charge is -2.07. The van der Waals surface area contributed by atoms with Gasteiger partial charge >= 0.3 is 5.97 Å². The van der Waals surface area contributed by atoms with E-state index in [2.05, 4.69) is 0 Å². The van der Waals surface area contributed by atoms with Gasteiger partial charge in [-0.1, -0.05) is 25.0 Å². The van der Waals surface area contributed by atoms with Crippen LogP contribution in [0.15, 0.2) is 24.3 Å². The summed E-state index contributed by atoms with van der Waals surface area (Å²) >= 11 is 0. The van der Waals surface area contributed by atoms with Crippen molar-refractivity contribution in [3.63, 3.8) is 0 Å². The molecule has 0 atom stereocenters. The molecule has 0 amide bonds. The molecule has 0 saturated carbocycles. The average Bonchev–Trinajstić information content (AvgIpc) is 2.33. The molecule has 0 aromatic heterocycles. The van der Waals surface area contributed by atoms with Crippen LogP contribution in [-0.4, -0.2) is 24.2 Å². The Hall–Kier alpha value is -1.55. The van der Waals surface area contributed by atoms with Gasteiger partial charge in [0.2, 0.25) is 0 Å². The highest BCUT2D eigenvalue weighted by atomic mass is 16.5. The zero-order valence-electron chi connectivity index (χ0n) is 10.6. The maximum absolute atomic E-state index is 10.6. The Bertz CT molecular complexity index is 366. The van der Waals surface area contributed by atoms with Gasteiger partial charge in [0.05, 0.1) is 13.0 Å². The van der Waals surface area contributed by atoms with E-state index in [0.29, 0.717) is 6.61 Å². The van der Waals surface area contributed by atoms with E-state index in [9.17, 15) is 4.79 Å². The van der Waals surface area contributed by atoms with E-state index in [1.807, 2.05) is 12.1 Å². The van der Waals surface area contributed by atoms with Crippen molar-refractivity contribution in [1.29, 1.82) is 0 Å². The highest BCUT2D eigenvalue weighted by molar-refractivity contribution is 5.70. The second kappa shape index (κ2) is 8.53. The molecule has 0 aliphatic rings. The van der Waals surface area contributed by atoms with Gasteiger partial charge in [0.25, 0.3) is 0 Å². The molecule has 4 heteroatoms. The van der Waals surface area contributed by atoms with Crippen LogP contribution in [0.2, 0.25) is 0 Å². The summed E-state index contributed by atoms with van der Waals surface area (Å²) in [6, 6.07) is 7.25. The van der Waals surface area contributed by atoms with Crippen LogP contribution < -0.4 is 10.5 Å². The molecular weight excluding hydrogens is 230 g/mol. The van der Waals surface area contributed by atoms with E-state index >= 15 is 0 Å². The molecule has 3 N–H and O–H groups in total. The molecule has 0 aliphatic carbocycles. The highest BCUT2D eigenvalue weighted by Crippen LogP contribution is 2.14. The van der Waals surface area contributed by atoms with Crippen molar-refractivity contribution in [2.24, 2.45) is 5.73 Å². The predicted molar refractivity (Wildman–Crippen MR) is 70.8 cm³/mol. The minimum atomic E-state index is -0.825. The third-order valence-corrected chi connectivity index (χ3v) is 2.62. The monoisotopic (exact) mass is 251 g/mol. The van der Waals surface area contributed by atoms with E-state index in [-0.39, 0.29) is 6.42 Å². The molecule has 0 spiro atoms. The number of hydrogen-bond donors (Lipinski definition) is 2. The van der Waals surface area contributed by atoms with Crippen molar-refractivity contribution in [3.8, 4) is 5.75 Å². The van der Waals surface area contributed by atoms with Gasteiger partial charge in [-0.15, -0.1) is 0 Å². The summed E-state index contributed by atoms with van der Waals surface area (Å²) in [5, 5.41) is 8.70. The van der Waals surface area contributed by atoms with Gasteiger partial charge in [0.1, 0.15) is 5.75 Å². The van der Waals surface area contributed by atoms with Crippen molar-refractivity contribution >= 4 is 5.97 Å². The van der Waals surface area contributed by atoms with Crippen molar-refractivity contribution in [2.75, 3.05) is 13.2 Å². The SMILES string of the molecule is NCCCCCCOc1cccc(CC(=O)O)c1. The minimum Gasteiger partial charge on any atom is -0.494 e. The predicted octanol–water partition coefficient (Wildman–Crippen LogP) is 2.21. The fourth-order valence-corrected chi connectivity index (χ4v) is 1.71. The summed E-state index contributed by atoms with van der Waals surface area (Å²) in [6.07, 6.45) is 4.36. The molecule has 0 heterocycles. The van der Waals surface area contributed by atoms with Crippen LogP contribution in [0.1, 0.15) is 31.2 Å². The maximum atomic E-state index is 10.6. The van der Waals surface area contributed by atoms with Gasteiger partial charge in [-0.25, -0.2) is 0 Å². The van der Waals surface area contributed by atoms with Crippen LogP contribution in [0, 0.1) is 0 Å². The number of carboxylic acid groups (broad SMARTS) is 1. The Morgan fingerprint density at radius 3 is 2.72 bits per heavy atom. The Morgan fingerprint density at radius 2 is 2.00 bits per heavy atom. The smallest absolute Gasteiger partial charge is 0.307 e. The van der Waals surface area contributed by atoms with Crippen molar-refractivity contribution in [3.05, 3.63) is 29.8 Å². The second-order valence-corrected chi connectivity index (χ2v) is 4.27. The maximum Gasteiger partial charge on any atom is 0.307 e. The Labute approximate surface area is 108 Å². The van der Waals surface area contributed by atoms with Crippen molar-refractivity contribution < 1.29 is 14.6 Å². The van der Waals surface area contributed by atoms with E-state index in [4.69, 9.17) is 15.6 Å². The summed E-state index contributed by atoms with van der Waals surface area (Å²) in [6.45, 7) is 1.42. The lowest BCUT2D eigenvalue weighted by molar-refractivity contribution is -0.136. The number of aliphatic carboxylic acids is 1. The van der Waals surface area contributed by atoms with Crippen molar-refractivity contribution in [1.82, 2.24) is 0 Å². The lowest BCUT2D eigenvalue weighted by Crippen LogP contribution is -2.02. The topological polar surface area (TPSA) is 72.5 Å². The van der Waals surface area contributed by atoms with Gasteiger partial charge in [0.15, 0.2) is 0 Å². The van der Waals surface area contributed by atoms with Gasteiger partial charge in [-0.05, 0) is 37.1 Å². The molecular formula is C14H21NO3. The summed E-state index contributed by atoms with van der Waals surface area (Å²) in [5.41, 5.74) is 6.18. The summed E-state index contributed by atoms with van der Waals surface area (Å²) in [5.74, 6) is -0.0819. The third-order valence-electron chi connectivity index (χ3n) is 2.62. The molecule has 4 nitrogen and oxygen atoms in total. The van der Waals surface area contributed by atoms with Crippen LogP contribution in [0.5, 0.6) is 5.75 Å². The van der Waals surface area contributed by atoms with E-state index in [1.165, 1.54) is 0 Å². The molecule has 0 unspecified atom stereocenters. The average molecular weight is 251 g/mol. The lowest BCUT2D eigenvalue weighted by atomic mass is 10.1. The Kier molecular flexibility index (Phi) is 6.87. The van der Waals surface area contributed by atoms with Gasteiger partial charge < -0.3 is 15.6 Å². The Balaban J connectivity index is 2.27. The number of ether oxygens (including phenoxy) is 1. The highest BCUT2D eigenvalue weighted by Gasteiger charge is 2.01. The number of nitrogens with two attached hydrogens (primary N) is 1. The molecule has 0 fully saturated rings. The van der Waals surface area contributed by atoms with Crippen LogP contribution in [-0.2, 0) is 11.2 Å². The number of carboxylic acids is 1. The van der Waals surface area contributed by atoms with E-state index in [1.54, 1.807) is 12.1 Å². The van der Waals surface area contributed by atoms with E-state index in [0.717, 1.165) is 43.5 Å². The zero-order chi connectivity index (χ0) is 13.2. The van der Waals surface area contributed by atoms with Gasteiger partial charge in [-0.3, -0.25) is 4.79 Å². The fourth-order valence-electron chi connectivity index (χ4n) is 1.71. The van der Waals surface area contributed by atoms with Crippen LogP contribution in [0.3, 0.4) is 0 Å². The molecule has 0 radical (unpaired) electrons. The normalized spacial score (nSPS) is 10.3. The first kappa shape index (κ1) is 14.5. The number of benzene rings is 1. The molecule has 0 saturated heterocycles. The number of carbonyl (C=O) groups is 1. The standard InChI is InChI=1S/C14H21NO3/c15-8-3-1-2-4-9-18-13-7-5-6-12(10-13)11-14(16)17/h5-7,10H,1-4,8-9,11,15H2,(H,16,17). The first-order valence-electron chi connectivity index (χ1n) is 6.36. The van der Waals surface area contributed by atoms with Crippen molar-refractivity contribution in [2.45, 2.75) is 32.1 Å². The largest absolute Gasteiger partial charge is 0.494 e. The number of rotatable bonds is 9. The summed E-state index contributed by atoms with van der Waals surface area (Å²) in [7, 11) is 0. The third kappa shape index (κ3) is 6.25. The fraction of sp³-hybridized carbons (Fsp3) is 0.500. The second-order valence-electron chi connectivity index (χ2n) is 4.27. The van der Waals surface area contributed by atoms with Crippen LogP contribution in [0.4, 0.5) is 0 Å². The van der Waals surface area contributed by atoms with Gasteiger partial charge in [0, 0.05) is 0 Å². The number of unbranched alkanes of at least 4 members (excludes halogenated alkanes) is 3. The molecule has 1 aromatic rings. The molecule has 18 heavy (non-hydrogen) atoms. The molecule has 1 aromatic carbocycles.